The maximum absolute atomic E-state index is 14.1. The Balaban J connectivity index is 2.27. The third-order valence-electron chi connectivity index (χ3n) is 4.05. The van der Waals surface area contributed by atoms with Gasteiger partial charge < -0.3 is 5.32 Å². The number of nitrogens with one attached hydrogen (secondary N) is 1. The minimum Gasteiger partial charge on any atom is -0.313 e. The van der Waals surface area contributed by atoms with E-state index in [0.717, 1.165) is 18.4 Å². The molecule has 0 amide bonds. The van der Waals surface area contributed by atoms with E-state index in [4.69, 9.17) is 0 Å². The van der Waals surface area contributed by atoms with Crippen LogP contribution in [-0.4, -0.2) is 7.05 Å². The quantitative estimate of drug-likeness (QED) is 0.453. The van der Waals surface area contributed by atoms with Gasteiger partial charge >= 0.3 is 0 Å². The Morgan fingerprint density at radius 1 is 1.05 bits per heavy atom. The molecule has 1 N–H and O–H groups in total. The number of benzene rings is 1. The van der Waals surface area contributed by atoms with E-state index in [9.17, 15) is 4.39 Å². The molecule has 0 bridgehead atoms. The van der Waals surface area contributed by atoms with Crippen LogP contribution in [0.1, 0.15) is 76.3 Å². The van der Waals surface area contributed by atoms with Gasteiger partial charge in [0.25, 0.3) is 0 Å². The molecule has 1 nitrogen and oxygen atoms in total. The third kappa shape index (κ3) is 6.92. The maximum atomic E-state index is 14.1. The number of rotatable bonds is 11. The first-order valence-electron chi connectivity index (χ1n) is 8.31. The van der Waals surface area contributed by atoms with Gasteiger partial charge in [-0.05, 0) is 35.5 Å². The molecule has 1 atom stereocenters. The van der Waals surface area contributed by atoms with Crippen LogP contribution in [0.25, 0.3) is 0 Å². The molecule has 0 radical (unpaired) electrons. The van der Waals surface area contributed by atoms with Crippen LogP contribution in [0.3, 0.4) is 0 Å². The average Bonchev–Trinajstić information content (AvgIpc) is 2.49. The minimum absolute atomic E-state index is 0.114. The first-order chi connectivity index (χ1) is 10.2. The van der Waals surface area contributed by atoms with Gasteiger partial charge in [-0.1, -0.05) is 70.4 Å². The monoisotopic (exact) mass is 357 g/mol. The minimum atomic E-state index is -0.128. The molecule has 0 aliphatic carbocycles. The van der Waals surface area contributed by atoms with E-state index in [1.165, 1.54) is 44.9 Å². The molecular formula is C18H29BrFN. The Hall–Kier alpha value is -0.410. The van der Waals surface area contributed by atoms with Crippen molar-refractivity contribution in [2.75, 3.05) is 7.05 Å². The van der Waals surface area contributed by atoms with Crippen LogP contribution in [0.4, 0.5) is 4.39 Å². The molecule has 0 saturated heterocycles. The molecule has 120 valence electrons. The van der Waals surface area contributed by atoms with E-state index in [1.807, 2.05) is 19.2 Å². The zero-order chi connectivity index (χ0) is 15.5. The smallest absolute Gasteiger partial charge is 0.142 e. The fourth-order valence-corrected chi connectivity index (χ4v) is 3.11. The molecular weight excluding hydrogens is 329 g/mol. The standard InChI is InChI=1S/C18H29BrFN/c1-3-4-5-6-7-8-9-10-14-17(21-2)15-12-11-13-16(19)18(15)20/h11-13,17,21H,3-10,14H2,1-2H3. The summed E-state index contributed by atoms with van der Waals surface area (Å²) < 4.78 is 14.7. The lowest BCUT2D eigenvalue weighted by Crippen LogP contribution is -2.17. The van der Waals surface area contributed by atoms with Crippen molar-refractivity contribution < 1.29 is 4.39 Å². The van der Waals surface area contributed by atoms with Crippen LogP contribution in [0.2, 0.25) is 0 Å². The van der Waals surface area contributed by atoms with Gasteiger partial charge in [-0.25, -0.2) is 4.39 Å². The van der Waals surface area contributed by atoms with Crippen molar-refractivity contribution in [3.63, 3.8) is 0 Å². The van der Waals surface area contributed by atoms with Crippen LogP contribution in [0.15, 0.2) is 22.7 Å². The Labute approximate surface area is 137 Å². The Morgan fingerprint density at radius 3 is 2.29 bits per heavy atom. The van der Waals surface area contributed by atoms with Gasteiger partial charge in [-0.15, -0.1) is 0 Å². The summed E-state index contributed by atoms with van der Waals surface area (Å²) in [6.07, 6.45) is 11.5. The van der Waals surface area contributed by atoms with Gasteiger partial charge in [0.2, 0.25) is 0 Å². The number of hydrogen-bond donors (Lipinski definition) is 1. The SMILES string of the molecule is CCCCCCCCCCC(NC)c1cccc(Br)c1F. The van der Waals surface area contributed by atoms with Crippen molar-refractivity contribution in [3.05, 3.63) is 34.1 Å². The predicted molar refractivity (Wildman–Crippen MR) is 93.1 cm³/mol. The normalized spacial score (nSPS) is 12.6. The van der Waals surface area contributed by atoms with Crippen molar-refractivity contribution in [1.82, 2.24) is 5.32 Å². The second-order valence-electron chi connectivity index (χ2n) is 5.75. The van der Waals surface area contributed by atoms with Gasteiger partial charge in [0.15, 0.2) is 0 Å². The molecule has 1 aromatic carbocycles. The summed E-state index contributed by atoms with van der Waals surface area (Å²) in [5, 5.41) is 3.24. The topological polar surface area (TPSA) is 12.0 Å². The third-order valence-corrected chi connectivity index (χ3v) is 4.66. The summed E-state index contributed by atoms with van der Waals surface area (Å²) in [4.78, 5) is 0. The van der Waals surface area contributed by atoms with E-state index >= 15 is 0 Å². The molecule has 0 saturated carbocycles. The number of halogens is 2. The molecule has 0 aliphatic heterocycles. The van der Waals surface area contributed by atoms with Gasteiger partial charge in [0.05, 0.1) is 4.47 Å². The lowest BCUT2D eigenvalue weighted by molar-refractivity contribution is 0.473. The lowest BCUT2D eigenvalue weighted by Gasteiger charge is -2.17. The highest BCUT2D eigenvalue weighted by Gasteiger charge is 2.15. The second-order valence-corrected chi connectivity index (χ2v) is 6.60. The summed E-state index contributed by atoms with van der Waals surface area (Å²) in [5.41, 5.74) is 0.773. The largest absolute Gasteiger partial charge is 0.313 e. The zero-order valence-corrected chi connectivity index (χ0v) is 15.0. The molecule has 1 aromatic rings. The van der Waals surface area contributed by atoms with Crippen molar-refractivity contribution in [2.24, 2.45) is 0 Å². The lowest BCUT2D eigenvalue weighted by atomic mass is 9.99. The number of unbranched alkanes of at least 4 members (excludes halogenated alkanes) is 7. The fraction of sp³-hybridized carbons (Fsp3) is 0.667. The molecule has 0 heterocycles. The van der Waals surface area contributed by atoms with Crippen molar-refractivity contribution in [1.29, 1.82) is 0 Å². The van der Waals surface area contributed by atoms with E-state index < -0.39 is 0 Å². The van der Waals surface area contributed by atoms with Crippen LogP contribution in [0, 0.1) is 5.82 Å². The summed E-state index contributed by atoms with van der Waals surface area (Å²) in [6, 6.07) is 5.65. The highest BCUT2D eigenvalue weighted by atomic mass is 79.9. The first-order valence-corrected chi connectivity index (χ1v) is 9.11. The summed E-state index contributed by atoms with van der Waals surface area (Å²) >= 11 is 3.26. The second kappa shape index (κ2) is 11.2. The zero-order valence-electron chi connectivity index (χ0n) is 13.4. The summed E-state index contributed by atoms with van der Waals surface area (Å²) in [5.74, 6) is -0.128. The van der Waals surface area contributed by atoms with Crippen LogP contribution < -0.4 is 5.32 Å². The van der Waals surface area contributed by atoms with Crippen molar-refractivity contribution in [2.45, 2.75) is 70.8 Å². The summed E-state index contributed by atoms with van der Waals surface area (Å²) in [6.45, 7) is 2.25. The van der Waals surface area contributed by atoms with Crippen molar-refractivity contribution >= 4 is 15.9 Å². The van der Waals surface area contributed by atoms with Gasteiger partial charge in [-0.2, -0.15) is 0 Å². The Kier molecular flexibility index (Phi) is 9.94. The van der Waals surface area contributed by atoms with Crippen molar-refractivity contribution in [3.8, 4) is 0 Å². The van der Waals surface area contributed by atoms with Gasteiger partial charge in [-0.3, -0.25) is 0 Å². The molecule has 21 heavy (non-hydrogen) atoms. The van der Waals surface area contributed by atoms with E-state index in [1.54, 1.807) is 6.07 Å². The fourth-order valence-electron chi connectivity index (χ4n) is 2.73. The first kappa shape index (κ1) is 18.6. The van der Waals surface area contributed by atoms with Gasteiger partial charge in [0, 0.05) is 11.6 Å². The predicted octanol–water partition coefficient (Wildman–Crippen LogP) is 6.38. The highest BCUT2D eigenvalue weighted by Crippen LogP contribution is 2.27. The van der Waals surface area contributed by atoms with E-state index in [2.05, 4.69) is 28.2 Å². The molecule has 0 fully saturated rings. The van der Waals surface area contributed by atoms with E-state index in [0.29, 0.717) is 4.47 Å². The number of hydrogen-bond acceptors (Lipinski definition) is 1. The molecule has 1 unspecified atom stereocenters. The summed E-state index contributed by atoms with van der Waals surface area (Å²) in [7, 11) is 1.91. The van der Waals surface area contributed by atoms with Crippen LogP contribution in [0.5, 0.6) is 0 Å². The van der Waals surface area contributed by atoms with Gasteiger partial charge in [0.1, 0.15) is 5.82 Å². The molecule has 0 aliphatic rings. The molecule has 0 spiro atoms. The maximum Gasteiger partial charge on any atom is 0.142 e. The Morgan fingerprint density at radius 2 is 1.67 bits per heavy atom. The van der Waals surface area contributed by atoms with E-state index in [-0.39, 0.29) is 11.9 Å². The molecule has 3 heteroatoms. The Bertz CT molecular complexity index is 395. The van der Waals surface area contributed by atoms with Crippen LogP contribution >= 0.6 is 15.9 Å². The molecule has 1 rings (SSSR count). The highest BCUT2D eigenvalue weighted by molar-refractivity contribution is 9.10. The average molecular weight is 358 g/mol. The van der Waals surface area contributed by atoms with Crippen LogP contribution in [-0.2, 0) is 0 Å². The molecule has 0 aromatic heterocycles.